The van der Waals surface area contributed by atoms with Crippen LogP contribution >= 0.6 is 0 Å². The van der Waals surface area contributed by atoms with E-state index in [1.54, 1.807) is 24.3 Å². The van der Waals surface area contributed by atoms with Gasteiger partial charge in [-0.15, -0.1) is 0 Å². The third-order valence-corrected chi connectivity index (χ3v) is 6.41. The number of aromatic nitrogens is 2. The molecular weight excluding hydrogens is 468 g/mol. The zero-order chi connectivity index (χ0) is 26.4. The molecular formula is C29H30N4O4. The molecule has 1 heterocycles. The smallest absolute Gasteiger partial charge is 0.326 e. The molecule has 0 fully saturated rings. The first-order chi connectivity index (χ1) is 17.8. The van der Waals surface area contributed by atoms with E-state index in [0.29, 0.717) is 29.4 Å². The zero-order valence-corrected chi connectivity index (χ0v) is 21.0. The van der Waals surface area contributed by atoms with Crippen molar-refractivity contribution in [2.45, 2.75) is 46.2 Å². The van der Waals surface area contributed by atoms with Gasteiger partial charge in [-0.05, 0) is 68.1 Å². The van der Waals surface area contributed by atoms with E-state index in [9.17, 15) is 19.2 Å². The van der Waals surface area contributed by atoms with Crippen LogP contribution < -0.4 is 21.9 Å². The molecule has 1 aromatic heterocycles. The van der Waals surface area contributed by atoms with Gasteiger partial charge in [0, 0.05) is 24.3 Å². The number of aryl methyl sites for hydroxylation is 1. The van der Waals surface area contributed by atoms with Gasteiger partial charge in [0.05, 0.1) is 10.9 Å². The summed E-state index contributed by atoms with van der Waals surface area (Å²) < 4.78 is 2.49. The van der Waals surface area contributed by atoms with Gasteiger partial charge >= 0.3 is 5.69 Å². The Balaban J connectivity index is 1.50. The van der Waals surface area contributed by atoms with E-state index in [0.717, 1.165) is 21.4 Å². The molecule has 0 spiro atoms. The van der Waals surface area contributed by atoms with Gasteiger partial charge in [0.1, 0.15) is 6.54 Å². The molecule has 8 nitrogen and oxygen atoms in total. The lowest BCUT2D eigenvalue weighted by Crippen LogP contribution is -2.41. The Morgan fingerprint density at radius 1 is 0.757 bits per heavy atom. The lowest BCUT2D eigenvalue weighted by molar-refractivity contribution is -0.117. The average Bonchev–Trinajstić information content (AvgIpc) is 2.89. The third-order valence-electron chi connectivity index (χ3n) is 6.41. The highest BCUT2D eigenvalue weighted by Crippen LogP contribution is 2.18. The van der Waals surface area contributed by atoms with Crippen molar-refractivity contribution in [2.75, 3.05) is 10.6 Å². The Morgan fingerprint density at radius 3 is 2.27 bits per heavy atom. The summed E-state index contributed by atoms with van der Waals surface area (Å²) in [6.45, 7) is 3.81. The van der Waals surface area contributed by atoms with E-state index < -0.39 is 11.2 Å². The van der Waals surface area contributed by atoms with Gasteiger partial charge in [0.2, 0.25) is 11.8 Å². The molecule has 0 unspecified atom stereocenters. The van der Waals surface area contributed by atoms with Crippen molar-refractivity contribution in [1.29, 1.82) is 0 Å². The maximum atomic E-state index is 13.3. The second kappa shape index (κ2) is 11.5. The Bertz CT molecular complexity index is 1550. The van der Waals surface area contributed by atoms with Crippen LogP contribution in [0.2, 0.25) is 0 Å². The predicted octanol–water partition coefficient (Wildman–Crippen LogP) is 4.23. The fraction of sp³-hybridized carbons (Fsp3) is 0.241. The van der Waals surface area contributed by atoms with Crippen LogP contribution in [0, 0.1) is 13.8 Å². The van der Waals surface area contributed by atoms with Crippen LogP contribution in [-0.4, -0.2) is 20.9 Å². The van der Waals surface area contributed by atoms with Crippen LogP contribution in [0.1, 0.15) is 30.4 Å². The largest absolute Gasteiger partial charge is 0.331 e. The molecule has 3 aromatic carbocycles. The van der Waals surface area contributed by atoms with E-state index in [1.807, 2.05) is 62.4 Å². The lowest BCUT2D eigenvalue weighted by Gasteiger charge is -2.15. The fourth-order valence-corrected chi connectivity index (χ4v) is 4.24. The van der Waals surface area contributed by atoms with Crippen LogP contribution in [0.3, 0.4) is 0 Å². The summed E-state index contributed by atoms with van der Waals surface area (Å²) in [4.78, 5) is 51.6. The Labute approximate surface area is 214 Å². The topological polar surface area (TPSA) is 102 Å². The third kappa shape index (κ3) is 6.03. The number of anilines is 2. The number of nitrogens with one attached hydrogen (secondary N) is 2. The van der Waals surface area contributed by atoms with E-state index in [4.69, 9.17) is 0 Å². The molecule has 0 radical (unpaired) electrons. The highest BCUT2D eigenvalue weighted by Gasteiger charge is 2.16. The summed E-state index contributed by atoms with van der Waals surface area (Å²) in [5, 5.41) is 6.07. The van der Waals surface area contributed by atoms with E-state index in [-0.39, 0.29) is 31.3 Å². The molecule has 8 heteroatoms. The maximum absolute atomic E-state index is 13.3. The number of nitrogens with zero attached hydrogens (tertiary/aromatic N) is 2. The van der Waals surface area contributed by atoms with Crippen molar-refractivity contribution >= 4 is 34.1 Å². The molecule has 2 amide bonds. The molecule has 0 saturated heterocycles. The minimum Gasteiger partial charge on any atom is -0.326 e. The van der Waals surface area contributed by atoms with Crippen LogP contribution in [0.25, 0.3) is 10.9 Å². The summed E-state index contributed by atoms with van der Waals surface area (Å²) in [5.74, 6) is -0.485. The average molecular weight is 499 g/mol. The van der Waals surface area contributed by atoms with Crippen LogP contribution in [-0.2, 0) is 22.7 Å². The molecule has 4 rings (SSSR count). The normalized spacial score (nSPS) is 10.9. The van der Waals surface area contributed by atoms with Crippen molar-refractivity contribution in [3.63, 3.8) is 0 Å². The molecule has 0 aliphatic carbocycles. The number of amides is 2. The van der Waals surface area contributed by atoms with Crippen molar-refractivity contribution in [3.05, 3.63) is 105 Å². The summed E-state index contributed by atoms with van der Waals surface area (Å²) >= 11 is 0. The Kier molecular flexibility index (Phi) is 7.98. The molecule has 0 bridgehead atoms. The second-order valence-electron chi connectivity index (χ2n) is 9.01. The van der Waals surface area contributed by atoms with Crippen LogP contribution in [0.4, 0.5) is 11.4 Å². The SMILES string of the molecule is Cc1cccc(NC(=O)Cn2c(=O)n(CCCCC(=O)Nc3ccccc3)c(=O)c3ccccc32)c1C. The number of hydrogen-bond donors (Lipinski definition) is 2. The highest BCUT2D eigenvalue weighted by molar-refractivity contribution is 5.92. The molecule has 0 atom stereocenters. The number of fused-ring (bicyclic) bond motifs is 1. The standard InChI is InChI=1S/C29H30N4O4/c1-20-11-10-15-24(21(20)2)31-27(35)19-33-25-16-7-6-14-23(25)28(36)32(29(33)37)18-9-8-17-26(34)30-22-12-4-3-5-13-22/h3-7,10-16H,8-9,17-19H2,1-2H3,(H,30,34)(H,31,35). The van der Waals surface area contributed by atoms with Crippen molar-refractivity contribution in [2.24, 2.45) is 0 Å². The van der Waals surface area contributed by atoms with Crippen LogP contribution in [0.15, 0.2) is 82.4 Å². The zero-order valence-electron chi connectivity index (χ0n) is 21.0. The van der Waals surface area contributed by atoms with Gasteiger partial charge in [0.25, 0.3) is 5.56 Å². The highest BCUT2D eigenvalue weighted by atomic mass is 16.2. The fourth-order valence-electron chi connectivity index (χ4n) is 4.24. The van der Waals surface area contributed by atoms with Gasteiger partial charge < -0.3 is 10.6 Å². The van der Waals surface area contributed by atoms with Gasteiger partial charge in [-0.3, -0.25) is 23.5 Å². The van der Waals surface area contributed by atoms with Gasteiger partial charge in [-0.1, -0.05) is 42.5 Å². The number of carbonyl (C=O) groups is 2. The number of unbranched alkanes of at least 4 members (excludes halogenated alkanes) is 1. The first-order valence-corrected chi connectivity index (χ1v) is 12.3. The number of carbonyl (C=O) groups excluding carboxylic acids is 2. The number of benzene rings is 3. The molecule has 4 aromatic rings. The Hall–Kier alpha value is -4.46. The molecule has 0 aliphatic rings. The molecule has 0 saturated carbocycles. The first-order valence-electron chi connectivity index (χ1n) is 12.3. The number of rotatable bonds is 9. The van der Waals surface area contributed by atoms with Gasteiger partial charge in [-0.2, -0.15) is 0 Å². The minimum atomic E-state index is -0.548. The van der Waals surface area contributed by atoms with E-state index >= 15 is 0 Å². The lowest BCUT2D eigenvalue weighted by atomic mass is 10.1. The van der Waals surface area contributed by atoms with E-state index in [1.165, 1.54) is 4.57 Å². The summed E-state index contributed by atoms with van der Waals surface area (Å²) in [7, 11) is 0. The maximum Gasteiger partial charge on any atom is 0.331 e. The summed E-state index contributed by atoms with van der Waals surface area (Å²) in [6.07, 6.45) is 1.23. The molecule has 37 heavy (non-hydrogen) atoms. The summed E-state index contributed by atoms with van der Waals surface area (Å²) in [6, 6.07) is 21.6. The van der Waals surface area contributed by atoms with Crippen molar-refractivity contribution < 1.29 is 9.59 Å². The second-order valence-corrected chi connectivity index (χ2v) is 9.01. The Morgan fingerprint density at radius 2 is 1.49 bits per heavy atom. The monoisotopic (exact) mass is 498 g/mol. The predicted molar refractivity (Wildman–Crippen MR) is 146 cm³/mol. The van der Waals surface area contributed by atoms with Crippen LogP contribution in [0.5, 0.6) is 0 Å². The number of hydrogen-bond acceptors (Lipinski definition) is 4. The summed E-state index contributed by atoms with van der Waals surface area (Å²) in [5.41, 5.74) is 2.87. The van der Waals surface area contributed by atoms with Gasteiger partial charge in [0.15, 0.2) is 0 Å². The molecule has 190 valence electrons. The van der Waals surface area contributed by atoms with Gasteiger partial charge in [-0.25, -0.2) is 4.79 Å². The minimum absolute atomic E-state index is 0.127. The van der Waals surface area contributed by atoms with E-state index in [2.05, 4.69) is 10.6 Å². The molecule has 0 aliphatic heterocycles. The molecule has 2 N–H and O–H groups in total. The quantitative estimate of drug-likeness (QED) is 0.337. The first kappa shape index (κ1) is 25.6. The number of para-hydroxylation sites is 2. The van der Waals surface area contributed by atoms with Crippen molar-refractivity contribution in [1.82, 2.24) is 9.13 Å². The van der Waals surface area contributed by atoms with Crippen molar-refractivity contribution in [3.8, 4) is 0 Å².